The van der Waals surface area contributed by atoms with Crippen LogP contribution in [0, 0.1) is 0 Å². The highest BCUT2D eigenvalue weighted by molar-refractivity contribution is 6.27. The highest BCUT2D eigenvalue weighted by Gasteiger charge is 2.24. The van der Waals surface area contributed by atoms with Gasteiger partial charge in [0.25, 0.3) is 0 Å². The van der Waals surface area contributed by atoms with Crippen molar-refractivity contribution < 1.29 is 8.83 Å². The van der Waals surface area contributed by atoms with Crippen LogP contribution < -0.4 is 9.80 Å². The molecule has 130 heavy (non-hydrogen) atoms. The van der Waals surface area contributed by atoms with Crippen LogP contribution in [0.3, 0.4) is 0 Å². The third-order valence-electron chi connectivity index (χ3n) is 26.2. The summed E-state index contributed by atoms with van der Waals surface area (Å²) in [5, 5.41) is 34.9. The van der Waals surface area contributed by atoms with Gasteiger partial charge >= 0.3 is 0 Å². The zero-order chi connectivity index (χ0) is 85.7. The predicted molar refractivity (Wildman–Crippen MR) is 548 cm³/mol. The van der Waals surface area contributed by atoms with E-state index in [4.69, 9.17) is 23.8 Å². The molecule has 0 aliphatic heterocycles. The topological polar surface area (TPSA) is 71.4 Å². The number of hydrogen-bond acceptors (Lipinski definition) is 7. The average Bonchev–Trinajstić information content (AvgIpc) is 1.20. The van der Waals surface area contributed by atoms with Crippen molar-refractivity contribution in [2.24, 2.45) is 0 Å². The SMILES string of the molecule is c1ccc(-c2nc(-c3ccccc3)nc(-c3ccc(-c4cccc5ccc6c7ccc8ccccc8c7ccc6c45)cc3)n2)cc1.c1ccc(N(c2ccc3ccc4c(ccc5c6ccccc6ccc54)c3c2)c2ccc3oc4ccccc4c3c2)cc1.c1ccc(N(c2ccc3ccc4c(ccc5c6ccccc6ccc54)c3c2)c2cccc3oc4ccccc4c23)cc1. The van der Waals surface area contributed by atoms with E-state index in [0.29, 0.717) is 17.5 Å². The Kier molecular flexibility index (Phi) is 18.1. The van der Waals surface area contributed by atoms with Crippen LogP contribution in [0.5, 0.6) is 0 Å². The lowest BCUT2D eigenvalue weighted by molar-refractivity contribution is 0.668. The van der Waals surface area contributed by atoms with Gasteiger partial charge in [-0.15, -0.1) is 0 Å². The summed E-state index contributed by atoms with van der Waals surface area (Å²) in [6.45, 7) is 0. The number of nitrogens with zero attached hydrogens (tertiary/aromatic N) is 5. The van der Waals surface area contributed by atoms with Gasteiger partial charge in [0.05, 0.1) is 11.1 Å². The highest BCUT2D eigenvalue weighted by Crippen LogP contribution is 2.48. The number of fused-ring (bicyclic) bond motifs is 27. The van der Waals surface area contributed by atoms with Crippen molar-refractivity contribution in [2.75, 3.05) is 9.80 Å². The summed E-state index contributed by atoms with van der Waals surface area (Å²) in [7, 11) is 0. The zero-order valence-corrected chi connectivity index (χ0v) is 70.5. The first-order valence-electron chi connectivity index (χ1n) is 44.2. The van der Waals surface area contributed by atoms with Crippen LogP contribution in [-0.4, -0.2) is 15.0 Å². The zero-order valence-electron chi connectivity index (χ0n) is 70.5. The Morgan fingerprint density at radius 1 is 0.154 bits per heavy atom. The molecule has 0 fully saturated rings. The quantitative estimate of drug-likeness (QED) is 0.126. The third-order valence-corrected chi connectivity index (χ3v) is 26.2. The van der Waals surface area contributed by atoms with E-state index < -0.39 is 0 Å². The van der Waals surface area contributed by atoms with Gasteiger partial charge in [0, 0.05) is 61.3 Å². The monoisotopic (exact) mass is 1660 g/mol. The molecule has 7 nitrogen and oxygen atoms in total. The van der Waals surface area contributed by atoms with E-state index in [9.17, 15) is 0 Å². The number of anilines is 6. The van der Waals surface area contributed by atoms with Crippen LogP contribution in [-0.2, 0) is 0 Å². The summed E-state index contributed by atoms with van der Waals surface area (Å²) in [6.07, 6.45) is 0. The molecule has 7 heteroatoms. The van der Waals surface area contributed by atoms with Gasteiger partial charge in [-0.05, 0) is 231 Å². The van der Waals surface area contributed by atoms with Crippen LogP contribution in [0.25, 0.3) is 218 Å². The molecule has 0 unspecified atom stereocenters. The Morgan fingerprint density at radius 2 is 0.462 bits per heavy atom. The molecule has 24 aromatic carbocycles. The Morgan fingerprint density at radius 3 is 0.969 bits per heavy atom. The molecule has 0 aliphatic carbocycles. The summed E-state index contributed by atoms with van der Waals surface area (Å²) in [6, 6.07) is 166. The summed E-state index contributed by atoms with van der Waals surface area (Å²) in [5.41, 5.74) is 15.5. The number of aromatic nitrogens is 3. The maximum Gasteiger partial charge on any atom is 0.164 e. The fraction of sp³-hybridized carbons (Fsp3) is 0. The van der Waals surface area contributed by atoms with E-state index in [0.717, 1.165) is 100 Å². The van der Waals surface area contributed by atoms with Crippen LogP contribution in [0.1, 0.15) is 0 Å². The molecule has 0 radical (unpaired) electrons. The Bertz CT molecular complexity index is 9140. The molecule has 3 heterocycles. The number of para-hydroxylation sites is 4. The summed E-state index contributed by atoms with van der Waals surface area (Å²) < 4.78 is 12.4. The van der Waals surface area contributed by atoms with E-state index in [2.05, 4.69) is 392 Å². The van der Waals surface area contributed by atoms with Gasteiger partial charge in [0.1, 0.15) is 22.3 Å². The van der Waals surface area contributed by atoms with Gasteiger partial charge in [-0.3, -0.25) is 0 Å². The molecule has 3 aromatic heterocycles. The summed E-state index contributed by atoms with van der Waals surface area (Å²) in [4.78, 5) is 19.4. The van der Waals surface area contributed by atoms with E-state index in [1.807, 2.05) is 84.9 Å². The molecule has 0 atom stereocenters. The first kappa shape index (κ1) is 75.2. The lowest BCUT2D eigenvalue weighted by Crippen LogP contribution is -2.10. The molecule has 0 saturated heterocycles. The van der Waals surface area contributed by atoms with Gasteiger partial charge in [0.2, 0.25) is 0 Å². The average molecular weight is 1660 g/mol. The van der Waals surface area contributed by atoms with E-state index in [1.54, 1.807) is 0 Å². The fourth-order valence-corrected chi connectivity index (χ4v) is 20.0. The van der Waals surface area contributed by atoms with Gasteiger partial charge in [-0.25, -0.2) is 15.0 Å². The van der Waals surface area contributed by atoms with E-state index >= 15 is 0 Å². The van der Waals surface area contributed by atoms with Crippen molar-refractivity contribution in [3.63, 3.8) is 0 Å². The first-order chi connectivity index (χ1) is 64.4. The van der Waals surface area contributed by atoms with Crippen LogP contribution >= 0.6 is 0 Å². The van der Waals surface area contributed by atoms with Gasteiger partial charge < -0.3 is 18.6 Å². The number of benzene rings is 24. The molecule has 0 amide bonds. The minimum atomic E-state index is 0.654. The van der Waals surface area contributed by atoms with E-state index in [-0.39, 0.29) is 0 Å². The smallest absolute Gasteiger partial charge is 0.164 e. The van der Waals surface area contributed by atoms with Gasteiger partial charge in [0.15, 0.2) is 17.5 Å². The van der Waals surface area contributed by atoms with Crippen molar-refractivity contribution in [1.29, 1.82) is 0 Å². The lowest BCUT2D eigenvalue weighted by Gasteiger charge is -2.26. The first-order valence-corrected chi connectivity index (χ1v) is 44.2. The van der Waals surface area contributed by atoms with E-state index in [1.165, 1.54) is 135 Å². The molecular formula is C123H77N5O2. The Hall–Kier alpha value is -17.4. The number of hydrogen-bond donors (Lipinski definition) is 0. The van der Waals surface area contributed by atoms with Crippen LogP contribution in [0.2, 0.25) is 0 Å². The molecular weight excluding hydrogens is 1580 g/mol. The van der Waals surface area contributed by atoms with Gasteiger partial charge in [-0.2, -0.15) is 0 Å². The Balaban J connectivity index is 0.000000105. The van der Waals surface area contributed by atoms with Crippen molar-refractivity contribution in [3.05, 3.63) is 467 Å². The largest absolute Gasteiger partial charge is 0.456 e. The highest BCUT2D eigenvalue weighted by atomic mass is 16.3. The molecule has 27 rings (SSSR count). The second-order valence-electron chi connectivity index (χ2n) is 33.5. The van der Waals surface area contributed by atoms with Gasteiger partial charge in [-0.1, -0.05) is 376 Å². The molecule has 0 N–H and O–H groups in total. The summed E-state index contributed by atoms with van der Waals surface area (Å²) in [5.74, 6) is 1.98. The predicted octanol–water partition coefficient (Wildman–Crippen LogP) is 34.5. The maximum absolute atomic E-state index is 6.29. The van der Waals surface area contributed by atoms with Crippen molar-refractivity contribution >= 4 is 207 Å². The second kappa shape index (κ2) is 31.4. The van der Waals surface area contributed by atoms with Crippen molar-refractivity contribution in [1.82, 2.24) is 15.0 Å². The third kappa shape index (κ3) is 13.0. The minimum absolute atomic E-state index is 0.654. The Labute approximate surface area is 748 Å². The fourth-order valence-electron chi connectivity index (χ4n) is 20.0. The van der Waals surface area contributed by atoms with Crippen LogP contribution in [0.15, 0.2) is 476 Å². The number of furan rings is 2. The maximum atomic E-state index is 6.29. The van der Waals surface area contributed by atoms with Crippen molar-refractivity contribution in [3.8, 4) is 45.3 Å². The molecule has 27 aromatic rings. The molecule has 0 bridgehead atoms. The molecule has 606 valence electrons. The normalized spacial score (nSPS) is 11.7. The second-order valence-corrected chi connectivity index (χ2v) is 33.5. The molecule has 0 aliphatic rings. The van der Waals surface area contributed by atoms with Crippen molar-refractivity contribution in [2.45, 2.75) is 0 Å². The number of rotatable bonds is 10. The summed E-state index contributed by atoms with van der Waals surface area (Å²) >= 11 is 0. The molecule has 0 saturated carbocycles. The van der Waals surface area contributed by atoms with Crippen LogP contribution in [0.4, 0.5) is 34.1 Å². The minimum Gasteiger partial charge on any atom is -0.456 e. The molecule has 0 spiro atoms. The lowest BCUT2D eigenvalue weighted by atomic mass is 9.90. The standard InChI is InChI=1S/C43H27N3.2C40H25NO/c1-3-11-31(12-4-1)41-44-42(32-13-5-2-6-14-32)46-43(45-41)33-20-18-29(19-21-33)35-17-9-15-30-23-25-38-37-24-22-28-10-7-8-16-34(28)36(37)26-27-39(38)40(30)35;1-2-10-28(11-3-1)41(37-14-8-16-39-40(37)35-13-6-7-15-38(35)42-39)29-20-17-27-19-22-33-32-21-18-26-9-4-5-12-30(26)31(32)23-24-34(33)36(27)25-29;1-2-9-28(10-3-1)41(30-18-23-40-38(25-30)36-12-6-7-13-39(36)42-40)29-17-14-27-16-20-34-33-19-15-26-8-4-5-11-31(26)32(33)21-22-35(34)37(27)24-29/h1-27H;2*1-25H.